The van der Waals surface area contributed by atoms with Gasteiger partial charge in [-0.15, -0.1) is 0 Å². The van der Waals surface area contributed by atoms with Gasteiger partial charge in [0.15, 0.2) is 9.84 Å². The molecule has 0 radical (unpaired) electrons. The van der Waals surface area contributed by atoms with Gasteiger partial charge in [-0.2, -0.15) is 8.78 Å². The van der Waals surface area contributed by atoms with Crippen LogP contribution in [0.2, 0.25) is 5.02 Å². The molecule has 44 heavy (non-hydrogen) atoms. The van der Waals surface area contributed by atoms with E-state index in [1.807, 2.05) is 0 Å². The van der Waals surface area contributed by atoms with E-state index < -0.39 is 46.6 Å². The van der Waals surface area contributed by atoms with Gasteiger partial charge in [-0.05, 0) is 35.9 Å². The molecule has 236 valence electrons. The van der Waals surface area contributed by atoms with E-state index in [1.54, 1.807) is 23.1 Å². The highest BCUT2D eigenvalue weighted by Crippen LogP contribution is 2.28. The Morgan fingerprint density at radius 2 is 1.86 bits per heavy atom. The highest BCUT2D eigenvalue weighted by molar-refractivity contribution is 7.91. The summed E-state index contributed by atoms with van der Waals surface area (Å²) in [6, 6.07) is 10.7. The molecule has 4 rings (SSSR count). The van der Waals surface area contributed by atoms with Crippen LogP contribution in [0.4, 0.5) is 19.4 Å². The van der Waals surface area contributed by atoms with Crippen LogP contribution in [0.15, 0.2) is 65.8 Å². The first-order valence-corrected chi connectivity index (χ1v) is 15.4. The maximum absolute atomic E-state index is 13.1. The van der Waals surface area contributed by atoms with Gasteiger partial charge in [0.2, 0.25) is 5.88 Å². The highest BCUT2D eigenvalue weighted by Gasteiger charge is 2.35. The van der Waals surface area contributed by atoms with Crippen molar-refractivity contribution >= 4 is 39.3 Å². The van der Waals surface area contributed by atoms with E-state index in [-0.39, 0.29) is 36.0 Å². The lowest BCUT2D eigenvalue weighted by atomic mass is 10.1. The van der Waals surface area contributed by atoms with Crippen molar-refractivity contribution in [3.63, 3.8) is 0 Å². The van der Waals surface area contributed by atoms with Crippen molar-refractivity contribution in [2.75, 3.05) is 30.4 Å². The first kappa shape index (κ1) is 32.8. The molecule has 1 aromatic carbocycles. The predicted molar refractivity (Wildman–Crippen MR) is 156 cm³/mol. The second kappa shape index (κ2) is 14.6. The molecular weight excluding hydrogens is 624 g/mol. The molecule has 1 aliphatic rings. The summed E-state index contributed by atoms with van der Waals surface area (Å²) in [4.78, 5) is 34.7. The lowest BCUT2D eigenvalue weighted by Crippen LogP contribution is -2.35. The lowest BCUT2D eigenvalue weighted by Gasteiger charge is -2.25. The van der Waals surface area contributed by atoms with E-state index in [0.29, 0.717) is 28.7 Å². The summed E-state index contributed by atoms with van der Waals surface area (Å²) in [6.07, 6.45) is 1.63. The number of anilines is 1. The monoisotopic (exact) mass is 653 g/mol. The molecule has 1 aliphatic heterocycles. The minimum atomic E-state index is -3.44. The summed E-state index contributed by atoms with van der Waals surface area (Å²) in [7, 11) is -3.44. The predicted octanol–water partition coefficient (Wildman–Crippen LogP) is 3.76. The third-order valence-electron chi connectivity index (χ3n) is 6.80. The van der Waals surface area contributed by atoms with Crippen molar-refractivity contribution in [1.29, 1.82) is 0 Å². The molecule has 3 N–H and O–H groups in total. The van der Waals surface area contributed by atoms with Crippen LogP contribution in [0, 0.1) is 0 Å². The number of nitrogens with two attached hydrogens (primary N) is 1. The Bertz CT molecular complexity index is 1530. The Balaban J connectivity index is 1.48. The highest BCUT2D eigenvalue weighted by atomic mass is 35.5. The Labute approximate surface area is 257 Å². The SMILES string of the molecule is CCS(=O)(=O)c1ccc([C@H](COC(N)=O)NC(=O)c2ccc(N3C[C@@H](Oc4ccc(Cl)cn4)C[C@H]3COC(F)F)nc2)cc1. The fourth-order valence-electron chi connectivity index (χ4n) is 4.58. The number of alkyl halides is 2. The number of nitrogens with one attached hydrogen (secondary N) is 1. The fourth-order valence-corrected chi connectivity index (χ4v) is 5.57. The molecule has 3 aromatic rings. The van der Waals surface area contributed by atoms with Gasteiger partial charge >= 0.3 is 12.7 Å². The van der Waals surface area contributed by atoms with Crippen LogP contribution in [0.5, 0.6) is 5.88 Å². The van der Waals surface area contributed by atoms with Gasteiger partial charge in [-0.3, -0.25) is 4.79 Å². The molecule has 0 spiro atoms. The average molecular weight is 654 g/mol. The largest absolute Gasteiger partial charge is 0.472 e. The second-order valence-electron chi connectivity index (χ2n) is 9.72. The number of hydrogen-bond acceptors (Lipinski definition) is 10. The van der Waals surface area contributed by atoms with Crippen LogP contribution < -0.4 is 20.7 Å². The molecule has 12 nitrogen and oxygen atoms in total. The standard InChI is InChI=1S/C28H30ClF2N5O7S/c1-2-44(39,40)22-7-3-17(4-8-22)23(16-42-28(32)38)35-26(37)18-5-9-24(33-12-18)36-14-21(11-20(36)15-41-27(30)31)43-25-10-6-19(29)13-34-25/h3-10,12-13,20-21,23,27H,2,11,14-16H2,1H3,(H2,32,38)(H,35,37)/t20-,21-,23-/m0/s1. The van der Waals surface area contributed by atoms with Gasteiger partial charge in [0.1, 0.15) is 18.5 Å². The number of halogens is 3. The van der Waals surface area contributed by atoms with Crippen LogP contribution in [0.3, 0.4) is 0 Å². The number of hydrogen-bond donors (Lipinski definition) is 2. The van der Waals surface area contributed by atoms with E-state index in [4.69, 9.17) is 26.8 Å². The number of sulfone groups is 1. The second-order valence-corrected chi connectivity index (χ2v) is 12.4. The third kappa shape index (κ3) is 8.74. The van der Waals surface area contributed by atoms with Gasteiger partial charge in [0.25, 0.3) is 5.91 Å². The summed E-state index contributed by atoms with van der Waals surface area (Å²) >= 11 is 5.88. The quantitative estimate of drug-likeness (QED) is 0.278. The van der Waals surface area contributed by atoms with E-state index >= 15 is 0 Å². The zero-order valence-electron chi connectivity index (χ0n) is 23.4. The molecule has 1 fully saturated rings. The molecule has 3 atom stereocenters. The summed E-state index contributed by atoms with van der Waals surface area (Å²) < 4.78 is 65.4. The Kier molecular flexibility index (Phi) is 10.9. The normalized spacial score (nSPS) is 17.3. The van der Waals surface area contributed by atoms with Crippen LogP contribution in [0.1, 0.15) is 35.3 Å². The molecule has 0 saturated carbocycles. The van der Waals surface area contributed by atoms with Crippen LogP contribution >= 0.6 is 11.6 Å². The Morgan fingerprint density at radius 1 is 1.11 bits per heavy atom. The van der Waals surface area contributed by atoms with Crippen molar-refractivity contribution in [2.45, 2.75) is 43.0 Å². The van der Waals surface area contributed by atoms with Crippen molar-refractivity contribution in [1.82, 2.24) is 15.3 Å². The van der Waals surface area contributed by atoms with E-state index in [0.717, 1.165) is 0 Å². The third-order valence-corrected chi connectivity index (χ3v) is 8.78. The average Bonchev–Trinajstić information content (AvgIpc) is 3.41. The zero-order valence-corrected chi connectivity index (χ0v) is 25.0. The van der Waals surface area contributed by atoms with Gasteiger partial charge in [-0.25, -0.2) is 23.2 Å². The summed E-state index contributed by atoms with van der Waals surface area (Å²) in [5.74, 6) is 0.0823. The maximum atomic E-state index is 13.1. The molecule has 16 heteroatoms. The number of pyridine rings is 2. The van der Waals surface area contributed by atoms with Gasteiger partial charge in [0.05, 0.1) is 46.5 Å². The van der Waals surface area contributed by atoms with Crippen molar-refractivity contribution in [3.05, 3.63) is 77.1 Å². The molecule has 2 amide bonds. The number of benzene rings is 1. The van der Waals surface area contributed by atoms with Crippen LogP contribution in [0.25, 0.3) is 0 Å². The molecule has 0 unspecified atom stereocenters. The first-order valence-electron chi connectivity index (χ1n) is 13.4. The van der Waals surface area contributed by atoms with E-state index in [2.05, 4.69) is 20.0 Å². The number of aromatic nitrogens is 2. The topological polar surface area (TPSA) is 163 Å². The summed E-state index contributed by atoms with van der Waals surface area (Å²) in [5.41, 5.74) is 5.73. The van der Waals surface area contributed by atoms with Crippen LogP contribution in [-0.4, -0.2) is 74.7 Å². The van der Waals surface area contributed by atoms with E-state index in [9.17, 15) is 26.8 Å². The number of carbonyl (C=O) groups is 2. The lowest BCUT2D eigenvalue weighted by molar-refractivity contribution is -0.131. The zero-order chi connectivity index (χ0) is 31.9. The van der Waals surface area contributed by atoms with Gasteiger partial charge < -0.3 is 30.2 Å². The molecule has 0 bridgehead atoms. The smallest absolute Gasteiger partial charge is 0.404 e. The summed E-state index contributed by atoms with van der Waals surface area (Å²) in [5, 5.41) is 3.17. The molecular formula is C28H30ClF2N5O7S. The number of amides is 2. The Morgan fingerprint density at radius 3 is 2.45 bits per heavy atom. The molecule has 3 heterocycles. The minimum absolute atomic E-state index is 0.0784. The number of primary amides is 1. The molecule has 0 aliphatic carbocycles. The number of nitrogens with zero attached hydrogens (tertiary/aromatic N) is 3. The Hall–Kier alpha value is -4.08. The molecule has 2 aromatic heterocycles. The van der Waals surface area contributed by atoms with Crippen molar-refractivity contribution in [3.8, 4) is 5.88 Å². The summed E-state index contributed by atoms with van der Waals surface area (Å²) in [6.45, 7) is -1.73. The fraction of sp³-hybridized carbons (Fsp3) is 0.357. The van der Waals surface area contributed by atoms with E-state index in [1.165, 1.54) is 49.6 Å². The number of ether oxygens (including phenoxy) is 3. The van der Waals surface area contributed by atoms with Crippen LogP contribution in [-0.2, 0) is 19.3 Å². The van der Waals surface area contributed by atoms with Crippen molar-refractivity contribution in [2.24, 2.45) is 5.73 Å². The first-order chi connectivity index (χ1) is 20.9. The molecule has 1 saturated heterocycles. The number of rotatable bonds is 13. The van der Waals surface area contributed by atoms with Gasteiger partial charge in [0, 0.05) is 24.9 Å². The maximum Gasteiger partial charge on any atom is 0.404 e. The number of carbonyl (C=O) groups excluding carboxylic acids is 2. The van der Waals surface area contributed by atoms with Crippen molar-refractivity contribution < 1.29 is 41.0 Å². The minimum Gasteiger partial charge on any atom is -0.472 e. The van der Waals surface area contributed by atoms with Gasteiger partial charge in [-0.1, -0.05) is 30.7 Å².